The Morgan fingerprint density at radius 3 is 2.02 bits per heavy atom. The number of amides is 4. The Morgan fingerprint density at radius 2 is 1.56 bits per heavy atom. The predicted octanol–water partition coefficient (Wildman–Crippen LogP) is 2.13. The van der Waals surface area contributed by atoms with Crippen molar-refractivity contribution < 1.29 is 76.0 Å². The van der Waals surface area contributed by atoms with Crippen molar-refractivity contribution >= 4 is 29.9 Å². The van der Waals surface area contributed by atoms with Gasteiger partial charge in [-0.1, -0.05) is 96.3 Å². The van der Waals surface area contributed by atoms with Gasteiger partial charge in [-0.25, -0.2) is 6.29 Å². The van der Waals surface area contributed by atoms with Crippen LogP contribution in [0.25, 0.3) is 0 Å². The number of hydrogen-bond acceptors (Lipinski definition) is 8. The molecule has 4 amide bonds. The number of benzene rings is 1. The van der Waals surface area contributed by atoms with Crippen molar-refractivity contribution in [3.05, 3.63) is 63.5 Å². The number of nitrogens with two attached hydrogens (primary N) is 1. The van der Waals surface area contributed by atoms with E-state index in [9.17, 15) is 24.0 Å². The Kier molecular flexibility index (Phi) is 36.4. The molecule has 13 heteroatoms. The van der Waals surface area contributed by atoms with Gasteiger partial charge in [-0.05, 0) is 43.5 Å². The van der Waals surface area contributed by atoms with E-state index >= 15 is 0 Å². The van der Waals surface area contributed by atoms with Crippen molar-refractivity contribution in [2.24, 2.45) is 17.6 Å². The molecule has 1 aromatic carbocycles. The van der Waals surface area contributed by atoms with Gasteiger partial charge in [-0.15, -0.1) is 0 Å². The Bertz CT molecular complexity index is 1010. The van der Waals surface area contributed by atoms with Crippen LogP contribution < -0.4 is 32.3 Å². The first kappa shape index (κ1) is 52.6. The van der Waals surface area contributed by atoms with Gasteiger partial charge in [0.05, 0.1) is 6.54 Å². The van der Waals surface area contributed by atoms with Crippen molar-refractivity contribution in [2.75, 3.05) is 26.2 Å². The fourth-order valence-electron chi connectivity index (χ4n) is 4.52. The van der Waals surface area contributed by atoms with Crippen molar-refractivity contribution in [3.8, 4) is 0 Å². The minimum Gasteiger partial charge on any atom is -0.540 e. The van der Waals surface area contributed by atoms with Gasteiger partial charge >= 0.3 is 46.9 Å². The van der Waals surface area contributed by atoms with Crippen molar-refractivity contribution in [3.63, 3.8) is 0 Å². The predicted molar refractivity (Wildman–Crippen MR) is 189 cm³/mol. The molecular weight excluding hydrogens is 773 g/mol. The molecule has 12 nitrogen and oxygen atoms in total. The van der Waals surface area contributed by atoms with Crippen LogP contribution in [0.15, 0.2) is 43.1 Å². The molecule has 1 saturated carbocycles. The summed E-state index contributed by atoms with van der Waals surface area (Å²) in [5.41, 5.74) is 6.54. The van der Waals surface area contributed by atoms with Crippen molar-refractivity contribution in [1.29, 1.82) is 0 Å². The van der Waals surface area contributed by atoms with Crippen LogP contribution >= 0.6 is 0 Å². The van der Waals surface area contributed by atoms with Crippen LogP contribution in [0.1, 0.15) is 71.8 Å². The fraction of sp³-hybridized carbons (Fsp3) is 0.571. The first-order valence-electron chi connectivity index (χ1n) is 15.8. The zero-order chi connectivity index (χ0) is 34.0. The maximum atomic E-state index is 12.9. The molecule has 0 spiro atoms. The number of nitrogens with one attached hydrogen (secondary N) is 5. The number of carbonyl (C=O) groups excluding carboxylic acids is 5. The second kappa shape index (κ2) is 33.3. The Morgan fingerprint density at radius 1 is 0.979 bits per heavy atom. The molecule has 1 aliphatic carbocycles. The van der Waals surface area contributed by atoms with Crippen LogP contribution in [-0.4, -0.2) is 79.4 Å². The van der Waals surface area contributed by atoms with Gasteiger partial charge in [-0.2, -0.15) is 0 Å². The molecule has 1 fully saturated rings. The second-order valence-electron chi connectivity index (χ2n) is 11.2. The summed E-state index contributed by atoms with van der Waals surface area (Å²) in [7, 11) is 0. The summed E-state index contributed by atoms with van der Waals surface area (Å²) >= 11 is 0. The maximum Gasteiger partial charge on any atom is 3.00 e. The van der Waals surface area contributed by atoms with Crippen molar-refractivity contribution in [1.82, 2.24) is 26.6 Å². The molecule has 1 aliphatic rings. The van der Waals surface area contributed by atoms with Crippen LogP contribution in [0.2, 0.25) is 0 Å². The molecule has 0 aliphatic heterocycles. The van der Waals surface area contributed by atoms with Crippen molar-refractivity contribution in [2.45, 2.75) is 90.8 Å². The fourth-order valence-corrected chi connectivity index (χ4v) is 4.52. The number of rotatable bonds is 16. The molecule has 48 heavy (non-hydrogen) atoms. The quantitative estimate of drug-likeness (QED) is 0.123. The number of aliphatic hydroxyl groups is 1. The third-order valence-corrected chi connectivity index (χ3v) is 6.92. The van der Waals surface area contributed by atoms with Crippen LogP contribution in [-0.2, 0) is 30.4 Å². The van der Waals surface area contributed by atoms with Gasteiger partial charge in [0.1, 0.15) is 18.1 Å². The van der Waals surface area contributed by atoms with Gasteiger partial charge in [0.15, 0.2) is 0 Å². The van der Waals surface area contributed by atoms with Crippen LogP contribution in [0.3, 0.4) is 0 Å². The van der Waals surface area contributed by atoms with E-state index in [-0.39, 0.29) is 93.8 Å². The summed E-state index contributed by atoms with van der Waals surface area (Å²) in [5, 5.41) is 20.5. The molecule has 3 unspecified atom stereocenters. The van der Waals surface area contributed by atoms with E-state index in [4.69, 9.17) is 10.8 Å². The topological polar surface area (TPSA) is 192 Å². The summed E-state index contributed by atoms with van der Waals surface area (Å²) < 4.78 is 0. The van der Waals surface area contributed by atoms with Gasteiger partial charge < -0.3 is 57.1 Å². The minimum atomic E-state index is -0.961. The smallest absolute Gasteiger partial charge is 0.540 e. The molecule has 281 valence electrons. The monoisotopic (exact) mass is 835 g/mol. The van der Waals surface area contributed by atoms with E-state index in [1.165, 1.54) is 38.3 Å². The van der Waals surface area contributed by atoms with Crippen LogP contribution in [0, 0.1) is 73.6 Å². The van der Waals surface area contributed by atoms with E-state index in [0.29, 0.717) is 6.42 Å². The average Bonchev–Trinajstić information content (AvgIpc) is 3.02. The SMILES string of the molecule is C=CNC(Cc1ccccc1)C(=O)NC(CCN)C(=O)NCC(=O)NC(C(=O)NC[C-]=O)C(C)C.CC1CCCCC1.CCO.[CH3-].[CH3-].[Yb+3]. The Hall–Kier alpha value is -2.25. The van der Waals surface area contributed by atoms with Crippen LogP contribution in [0.4, 0.5) is 0 Å². The van der Waals surface area contributed by atoms with E-state index in [2.05, 4.69) is 40.1 Å². The molecule has 1 aromatic rings. The first-order valence-corrected chi connectivity index (χ1v) is 15.8. The first-order chi connectivity index (χ1) is 21.5. The van der Waals surface area contributed by atoms with Gasteiger partial charge in [0.2, 0.25) is 23.6 Å². The molecule has 3 atom stereocenters. The van der Waals surface area contributed by atoms with Crippen LogP contribution in [0.5, 0.6) is 0 Å². The summed E-state index contributed by atoms with van der Waals surface area (Å²) in [6.45, 7) is 10.8. The second-order valence-corrected chi connectivity index (χ2v) is 11.2. The van der Waals surface area contributed by atoms with Gasteiger partial charge in [0, 0.05) is 13.0 Å². The molecule has 0 bridgehead atoms. The molecule has 0 saturated heterocycles. The van der Waals surface area contributed by atoms with E-state index < -0.39 is 48.3 Å². The third-order valence-electron chi connectivity index (χ3n) is 6.92. The Balaban J connectivity index is -0.000000640. The average molecular weight is 835 g/mol. The molecule has 0 heterocycles. The zero-order valence-electron chi connectivity index (χ0n) is 29.7. The van der Waals surface area contributed by atoms with E-state index in [1.54, 1.807) is 27.1 Å². The normalized spacial score (nSPS) is 13.6. The van der Waals surface area contributed by atoms with Gasteiger partial charge in [0.25, 0.3) is 0 Å². The molecule has 1 radical (unpaired) electrons. The zero-order valence-corrected chi connectivity index (χ0v) is 31.4. The summed E-state index contributed by atoms with van der Waals surface area (Å²) in [6, 6.07) is 6.85. The summed E-state index contributed by atoms with van der Waals surface area (Å²) in [5.74, 6) is -1.36. The summed E-state index contributed by atoms with van der Waals surface area (Å²) in [4.78, 5) is 60.3. The third kappa shape index (κ3) is 24.8. The molecular formula is C35H61N6O6Yb. The maximum absolute atomic E-state index is 12.9. The molecule has 2 rings (SSSR count). The van der Waals surface area contributed by atoms with Gasteiger partial charge in [-0.3, -0.25) is 19.2 Å². The Labute approximate surface area is 328 Å². The number of carbonyl (C=O) groups is 4. The van der Waals surface area contributed by atoms with E-state index in [1.807, 2.05) is 30.3 Å². The summed E-state index contributed by atoms with van der Waals surface area (Å²) in [6.07, 6.45) is 10.9. The molecule has 8 N–H and O–H groups in total. The largest absolute Gasteiger partial charge is 3.00 e. The minimum absolute atomic E-state index is 0. The number of aliphatic hydroxyl groups excluding tert-OH is 1. The molecule has 0 aromatic heterocycles. The standard InChI is InChI=1S/C24H35N6O5.C7H14.C2H6O.2CH3.Yb/c1-4-26-19(14-17-8-6-5-7-9-17)23(34)29-18(10-11-25)22(33)28-15-20(32)30-21(16(2)3)24(35)27-12-13-31;1-7-5-3-2-4-6-7;1-2-3;;;/h4-9,16,18-19,21,26H,1,10-12,14-15,25H2,2-3H3,(H,27,35)(H,28,33)(H,29,34)(H,30,32);7H,2-6H2,1H3;3H,2H2,1H3;2*1H3;/q-1;;;2*-1;+3. The van der Waals surface area contributed by atoms with E-state index in [0.717, 1.165) is 11.5 Å². The number of hydrogen-bond donors (Lipinski definition) is 7.